The molecule has 1 saturated heterocycles. The number of ketones is 1. The molecule has 0 spiro atoms. The van der Waals surface area contributed by atoms with E-state index in [9.17, 15) is 14.9 Å². The number of nitrogens with one attached hydrogen (secondary N) is 1. The summed E-state index contributed by atoms with van der Waals surface area (Å²) in [6.45, 7) is 3.19. The van der Waals surface area contributed by atoms with Crippen LogP contribution in [-0.4, -0.2) is 28.7 Å². The highest BCUT2D eigenvalue weighted by molar-refractivity contribution is 6.22. The lowest BCUT2D eigenvalue weighted by Crippen LogP contribution is -2.32. The van der Waals surface area contributed by atoms with Crippen LogP contribution in [0.4, 0.5) is 0 Å². The molecule has 6 heteroatoms. The van der Waals surface area contributed by atoms with Crippen LogP contribution < -0.4 is 5.32 Å². The van der Waals surface area contributed by atoms with Crippen molar-refractivity contribution in [2.75, 3.05) is 13.1 Å². The lowest BCUT2D eigenvalue weighted by molar-refractivity contribution is -0.431. The predicted molar refractivity (Wildman–Crippen MR) is 100 cm³/mol. The average molecular weight is 359 g/mol. The fraction of sp³-hybridized carbons (Fsp3) is 0.190. The number of nitro groups is 1. The number of Topliss-reactive ketones (excluding diaryl/α,β-unsaturated/α-hetero) is 1. The van der Waals surface area contributed by atoms with E-state index in [0.29, 0.717) is 30.0 Å². The fourth-order valence-corrected chi connectivity index (χ4v) is 4.34. The van der Waals surface area contributed by atoms with Gasteiger partial charge in [-0.2, -0.15) is 0 Å². The van der Waals surface area contributed by atoms with Crippen LogP contribution in [0.5, 0.6) is 0 Å². The van der Waals surface area contributed by atoms with E-state index in [0.717, 1.165) is 22.4 Å². The Balaban J connectivity index is 1.81. The number of carbonyl (C=O) groups is 1. The van der Waals surface area contributed by atoms with E-state index in [4.69, 9.17) is 0 Å². The molecule has 0 radical (unpaired) electrons. The molecule has 1 N–H and O–H groups in total. The van der Waals surface area contributed by atoms with Gasteiger partial charge < -0.3 is 10.2 Å². The molecule has 6 nitrogen and oxygen atoms in total. The van der Waals surface area contributed by atoms with Crippen molar-refractivity contribution in [1.29, 1.82) is 0 Å². The number of carbonyl (C=O) groups excluding carboxylic acids is 1. The zero-order valence-corrected chi connectivity index (χ0v) is 14.7. The maximum Gasteiger partial charge on any atom is 0.298 e. The number of hydrogen-bond acceptors (Lipinski definition) is 5. The standard InChI is InChI=1S/C21H17N3O3/c1-12-6-8-13(9-7-12)16-17-18(14-4-2-3-5-15(14)20(17)25)23-11-10-22-21(23)19(16)24(26)27/h2-9,16,22H,10-11H2,1H3. The minimum absolute atomic E-state index is 0.0521. The molecule has 2 aromatic rings. The van der Waals surface area contributed by atoms with Gasteiger partial charge in [-0.1, -0.05) is 54.1 Å². The fourth-order valence-electron chi connectivity index (χ4n) is 4.34. The first kappa shape index (κ1) is 15.8. The number of rotatable bonds is 2. The summed E-state index contributed by atoms with van der Waals surface area (Å²) in [5, 5.41) is 15.2. The molecular formula is C21H17N3O3. The summed E-state index contributed by atoms with van der Waals surface area (Å²) in [5.74, 6) is -0.294. The zero-order chi connectivity index (χ0) is 18.7. The molecule has 2 aromatic carbocycles. The number of nitrogens with zero attached hydrogens (tertiary/aromatic N) is 2. The first-order chi connectivity index (χ1) is 13.1. The Morgan fingerprint density at radius 1 is 1.11 bits per heavy atom. The molecule has 2 heterocycles. The summed E-state index contributed by atoms with van der Waals surface area (Å²) < 4.78 is 0. The Bertz CT molecular complexity index is 1070. The maximum absolute atomic E-state index is 13.3. The van der Waals surface area contributed by atoms with E-state index in [2.05, 4.69) is 5.32 Å². The summed E-state index contributed by atoms with van der Waals surface area (Å²) >= 11 is 0. The highest BCUT2D eigenvalue weighted by Gasteiger charge is 2.50. The maximum atomic E-state index is 13.3. The molecule has 1 fully saturated rings. The van der Waals surface area contributed by atoms with Gasteiger partial charge in [-0.15, -0.1) is 0 Å². The molecule has 134 valence electrons. The molecule has 1 unspecified atom stereocenters. The van der Waals surface area contributed by atoms with Crippen molar-refractivity contribution in [2.24, 2.45) is 0 Å². The lowest BCUT2D eigenvalue weighted by Gasteiger charge is -2.30. The SMILES string of the molecule is Cc1ccc(C2C3=C(c4ccccc4C3=O)N3CCNC3=C2[N+](=O)[O-])cc1. The van der Waals surface area contributed by atoms with Gasteiger partial charge in [0.15, 0.2) is 11.6 Å². The van der Waals surface area contributed by atoms with Crippen LogP contribution in [0, 0.1) is 17.0 Å². The number of hydrogen-bond donors (Lipinski definition) is 1. The van der Waals surface area contributed by atoms with Gasteiger partial charge in [0, 0.05) is 29.8 Å². The number of fused-ring (bicyclic) bond motifs is 4. The Morgan fingerprint density at radius 3 is 2.52 bits per heavy atom. The van der Waals surface area contributed by atoms with Gasteiger partial charge in [0.25, 0.3) is 5.70 Å². The molecule has 3 aliphatic rings. The van der Waals surface area contributed by atoms with Gasteiger partial charge in [-0.25, -0.2) is 0 Å². The molecule has 1 atom stereocenters. The smallest absolute Gasteiger partial charge is 0.298 e. The molecular weight excluding hydrogens is 342 g/mol. The topological polar surface area (TPSA) is 75.5 Å². The minimum atomic E-state index is -0.688. The average Bonchev–Trinajstić information content (AvgIpc) is 3.25. The first-order valence-corrected chi connectivity index (χ1v) is 8.92. The third kappa shape index (κ3) is 2.10. The third-order valence-electron chi connectivity index (χ3n) is 5.51. The summed E-state index contributed by atoms with van der Waals surface area (Å²) in [7, 11) is 0. The van der Waals surface area contributed by atoms with Gasteiger partial charge in [0.1, 0.15) is 5.92 Å². The Kier molecular flexibility index (Phi) is 3.25. The monoisotopic (exact) mass is 359 g/mol. The number of allylic oxidation sites excluding steroid dienone is 1. The van der Waals surface area contributed by atoms with Crippen molar-refractivity contribution >= 4 is 11.5 Å². The van der Waals surface area contributed by atoms with Crippen LogP contribution in [0.15, 0.2) is 65.6 Å². The molecule has 1 aliphatic carbocycles. The molecule has 5 rings (SSSR count). The normalized spacial score (nSPS) is 20.4. The number of benzene rings is 2. The summed E-state index contributed by atoms with van der Waals surface area (Å²) in [6, 6.07) is 15.1. The van der Waals surface area contributed by atoms with Crippen LogP contribution >= 0.6 is 0 Å². The van der Waals surface area contributed by atoms with Crippen molar-refractivity contribution in [3.63, 3.8) is 0 Å². The van der Waals surface area contributed by atoms with Gasteiger partial charge in [-0.3, -0.25) is 14.9 Å². The summed E-state index contributed by atoms with van der Waals surface area (Å²) in [4.78, 5) is 26.9. The zero-order valence-electron chi connectivity index (χ0n) is 14.7. The predicted octanol–water partition coefficient (Wildman–Crippen LogP) is 3.05. The third-order valence-corrected chi connectivity index (χ3v) is 5.51. The van der Waals surface area contributed by atoms with Crippen LogP contribution in [0.1, 0.15) is 33.0 Å². The Labute approximate surface area is 156 Å². The van der Waals surface area contributed by atoms with Gasteiger partial charge >= 0.3 is 0 Å². The van der Waals surface area contributed by atoms with Crippen LogP contribution in [0.25, 0.3) is 5.70 Å². The second-order valence-corrected chi connectivity index (χ2v) is 7.05. The number of aryl methyl sites for hydroxylation is 1. The van der Waals surface area contributed by atoms with Crippen molar-refractivity contribution < 1.29 is 9.72 Å². The van der Waals surface area contributed by atoms with Gasteiger partial charge in [0.2, 0.25) is 0 Å². The van der Waals surface area contributed by atoms with Crippen molar-refractivity contribution in [2.45, 2.75) is 12.8 Å². The van der Waals surface area contributed by atoms with E-state index in [1.807, 2.05) is 54.3 Å². The van der Waals surface area contributed by atoms with Crippen LogP contribution in [-0.2, 0) is 0 Å². The van der Waals surface area contributed by atoms with E-state index >= 15 is 0 Å². The quantitative estimate of drug-likeness (QED) is 0.659. The van der Waals surface area contributed by atoms with Crippen molar-refractivity contribution in [3.05, 3.63) is 98.0 Å². The molecule has 27 heavy (non-hydrogen) atoms. The molecule has 0 bridgehead atoms. The largest absolute Gasteiger partial charge is 0.364 e. The van der Waals surface area contributed by atoms with Crippen LogP contribution in [0.3, 0.4) is 0 Å². The van der Waals surface area contributed by atoms with Crippen LogP contribution in [0.2, 0.25) is 0 Å². The second-order valence-electron chi connectivity index (χ2n) is 7.05. The molecule has 2 aliphatic heterocycles. The molecule has 0 amide bonds. The minimum Gasteiger partial charge on any atom is -0.364 e. The van der Waals surface area contributed by atoms with Gasteiger partial charge in [-0.05, 0) is 12.5 Å². The van der Waals surface area contributed by atoms with Crippen molar-refractivity contribution in [1.82, 2.24) is 10.2 Å². The Morgan fingerprint density at radius 2 is 1.81 bits per heavy atom. The van der Waals surface area contributed by atoms with E-state index in [1.165, 1.54) is 0 Å². The molecule has 0 saturated carbocycles. The van der Waals surface area contributed by atoms with E-state index < -0.39 is 5.92 Å². The summed E-state index contributed by atoms with van der Waals surface area (Å²) in [6.07, 6.45) is 0. The van der Waals surface area contributed by atoms with Crippen molar-refractivity contribution in [3.8, 4) is 0 Å². The van der Waals surface area contributed by atoms with E-state index in [1.54, 1.807) is 6.07 Å². The highest BCUT2D eigenvalue weighted by atomic mass is 16.6. The van der Waals surface area contributed by atoms with E-state index in [-0.39, 0.29) is 16.4 Å². The molecule has 0 aromatic heterocycles. The van der Waals surface area contributed by atoms with Gasteiger partial charge in [0.05, 0.1) is 10.6 Å². The first-order valence-electron chi connectivity index (χ1n) is 8.92. The summed E-state index contributed by atoms with van der Waals surface area (Å²) in [5.41, 5.74) is 4.69. The highest BCUT2D eigenvalue weighted by Crippen LogP contribution is 2.50. The second kappa shape index (κ2) is 5.54. The lowest BCUT2D eigenvalue weighted by atomic mass is 9.83. The Hall–Kier alpha value is -3.41.